The van der Waals surface area contributed by atoms with Crippen LogP contribution >= 0.6 is 0 Å². The number of hydrogen-bond donors (Lipinski definition) is 3. The van der Waals surface area contributed by atoms with Gasteiger partial charge in [-0.3, -0.25) is 0 Å². The molecule has 0 unspecified atom stereocenters. The molecule has 3 N–H and O–H groups in total. The molecule has 0 amide bonds. The van der Waals surface area contributed by atoms with Crippen LogP contribution < -0.4 is 16.0 Å². The van der Waals surface area contributed by atoms with E-state index in [4.69, 9.17) is 0 Å². The molecule has 1 saturated heterocycles. The summed E-state index contributed by atoms with van der Waals surface area (Å²) in [5, 5.41) is 13.7. The van der Waals surface area contributed by atoms with Crippen molar-refractivity contribution >= 4 is 10.8 Å². The third-order valence-corrected chi connectivity index (χ3v) is 4.30. The molecule has 0 spiro atoms. The van der Waals surface area contributed by atoms with Crippen molar-refractivity contribution in [1.82, 2.24) is 16.0 Å². The van der Waals surface area contributed by atoms with Gasteiger partial charge in [-0.15, -0.1) is 0 Å². The van der Waals surface area contributed by atoms with Crippen LogP contribution in [0.3, 0.4) is 0 Å². The first-order valence-electron chi connectivity index (χ1n) is 7.14. The second-order valence-corrected chi connectivity index (χ2v) is 5.41. The predicted octanol–water partition coefficient (Wildman–Crippen LogP) is 1.72. The summed E-state index contributed by atoms with van der Waals surface area (Å²) in [6.45, 7) is 4.12. The van der Waals surface area contributed by atoms with Crippen molar-refractivity contribution in [2.24, 2.45) is 0 Å². The minimum atomic E-state index is 0.404. The van der Waals surface area contributed by atoms with Gasteiger partial charge in [0.15, 0.2) is 0 Å². The molecule has 0 aromatic heterocycles. The lowest BCUT2D eigenvalue weighted by Gasteiger charge is -2.23. The fraction of sp³-hybridized carbons (Fsp3) is 0.375. The van der Waals surface area contributed by atoms with Crippen LogP contribution in [0.15, 0.2) is 36.4 Å². The molecule has 4 rings (SSSR count). The lowest BCUT2D eigenvalue weighted by Crippen LogP contribution is -2.33. The monoisotopic (exact) mass is 253 g/mol. The van der Waals surface area contributed by atoms with Crippen molar-refractivity contribution in [3.63, 3.8) is 0 Å². The highest BCUT2D eigenvalue weighted by atomic mass is 15.1. The smallest absolute Gasteiger partial charge is 0.0525 e. The Morgan fingerprint density at radius 1 is 0.737 bits per heavy atom. The SMILES string of the molecule is c1cc2c3c(cccc3c1)[C@@H]1NCCNCCN[C@@H]21. The quantitative estimate of drug-likeness (QED) is 0.669. The van der Waals surface area contributed by atoms with Crippen LogP contribution in [0.5, 0.6) is 0 Å². The van der Waals surface area contributed by atoms with Gasteiger partial charge in [-0.25, -0.2) is 0 Å². The van der Waals surface area contributed by atoms with E-state index in [1.54, 1.807) is 0 Å². The number of fused-ring (bicyclic) bond motifs is 3. The second kappa shape index (κ2) is 4.60. The maximum Gasteiger partial charge on any atom is 0.0525 e. The van der Waals surface area contributed by atoms with Crippen LogP contribution in [0, 0.1) is 0 Å². The summed E-state index contributed by atoms with van der Waals surface area (Å²) < 4.78 is 0. The van der Waals surface area contributed by atoms with E-state index < -0.39 is 0 Å². The molecule has 1 heterocycles. The molecule has 3 nitrogen and oxygen atoms in total. The standard InChI is InChI=1S/C16H19N3/c1-3-11-4-2-6-13-14(11)12(5-1)15-16(13)19-10-8-17-7-9-18-15/h1-6,15-19H,7-10H2/t15-,16-/m0/s1. The summed E-state index contributed by atoms with van der Waals surface area (Å²) in [4.78, 5) is 0. The van der Waals surface area contributed by atoms with Gasteiger partial charge in [0.1, 0.15) is 0 Å². The largest absolute Gasteiger partial charge is 0.314 e. The number of benzene rings is 2. The maximum absolute atomic E-state index is 3.71. The Hall–Kier alpha value is -1.42. The van der Waals surface area contributed by atoms with Crippen molar-refractivity contribution in [2.45, 2.75) is 12.1 Å². The first kappa shape index (κ1) is 11.4. The van der Waals surface area contributed by atoms with E-state index in [1.165, 1.54) is 21.9 Å². The Kier molecular flexibility index (Phi) is 2.76. The normalized spacial score (nSPS) is 26.5. The molecule has 1 fully saturated rings. The first-order chi connectivity index (χ1) is 9.45. The Morgan fingerprint density at radius 2 is 1.32 bits per heavy atom. The van der Waals surface area contributed by atoms with Crippen LogP contribution in [0.2, 0.25) is 0 Å². The van der Waals surface area contributed by atoms with E-state index in [0.29, 0.717) is 12.1 Å². The summed E-state index contributed by atoms with van der Waals surface area (Å²) >= 11 is 0. The molecular weight excluding hydrogens is 234 g/mol. The molecule has 0 bridgehead atoms. The van der Waals surface area contributed by atoms with Gasteiger partial charge in [-0.2, -0.15) is 0 Å². The lowest BCUT2D eigenvalue weighted by atomic mass is 10.0. The highest BCUT2D eigenvalue weighted by molar-refractivity contribution is 5.92. The fourth-order valence-electron chi connectivity index (χ4n) is 3.49. The van der Waals surface area contributed by atoms with E-state index in [1.807, 2.05) is 0 Å². The highest BCUT2D eigenvalue weighted by Gasteiger charge is 2.33. The molecule has 0 radical (unpaired) electrons. The van der Waals surface area contributed by atoms with Crippen LogP contribution in [0.25, 0.3) is 10.8 Å². The van der Waals surface area contributed by atoms with Crippen molar-refractivity contribution in [2.75, 3.05) is 26.2 Å². The summed E-state index contributed by atoms with van der Waals surface area (Å²) in [6.07, 6.45) is 0. The van der Waals surface area contributed by atoms with Crippen LogP contribution in [-0.2, 0) is 0 Å². The minimum Gasteiger partial charge on any atom is -0.314 e. The Morgan fingerprint density at radius 3 is 1.89 bits per heavy atom. The molecule has 98 valence electrons. The summed E-state index contributed by atoms with van der Waals surface area (Å²) in [6, 6.07) is 14.1. The van der Waals surface area contributed by atoms with Gasteiger partial charge in [-0.1, -0.05) is 36.4 Å². The Bertz CT molecular complexity index is 559. The molecule has 3 heteroatoms. The van der Waals surface area contributed by atoms with Gasteiger partial charge in [0.25, 0.3) is 0 Å². The van der Waals surface area contributed by atoms with Crippen LogP contribution in [0.4, 0.5) is 0 Å². The Balaban J connectivity index is 1.86. The van der Waals surface area contributed by atoms with Crippen molar-refractivity contribution in [3.05, 3.63) is 47.5 Å². The van der Waals surface area contributed by atoms with Gasteiger partial charge < -0.3 is 16.0 Å². The number of rotatable bonds is 0. The third-order valence-electron chi connectivity index (χ3n) is 4.30. The summed E-state index contributed by atoms with van der Waals surface area (Å²) in [7, 11) is 0. The van der Waals surface area contributed by atoms with Gasteiger partial charge >= 0.3 is 0 Å². The zero-order valence-corrected chi connectivity index (χ0v) is 10.9. The minimum absolute atomic E-state index is 0.404. The zero-order chi connectivity index (χ0) is 12.7. The topological polar surface area (TPSA) is 36.1 Å². The van der Waals surface area contributed by atoms with E-state index in [0.717, 1.165) is 26.2 Å². The lowest BCUT2D eigenvalue weighted by molar-refractivity contribution is 0.419. The average molecular weight is 253 g/mol. The Labute approximate surface area is 113 Å². The highest BCUT2D eigenvalue weighted by Crippen LogP contribution is 2.43. The van der Waals surface area contributed by atoms with Crippen molar-refractivity contribution < 1.29 is 0 Å². The molecule has 2 aromatic rings. The van der Waals surface area contributed by atoms with E-state index in [2.05, 4.69) is 52.3 Å². The molecule has 19 heavy (non-hydrogen) atoms. The first-order valence-corrected chi connectivity index (χ1v) is 7.14. The number of nitrogens with one attached hydrogen (secondary N) is 3. The average Bonchev–Trinajstić information content (AvgIpc) is 2.80. The van der Waals surface area contributed by atoms with E-state index >= 15 is 0 Å². The van der Waals surface area contributed by atoms with E-state index in [-0.39, 0.29) is 0 Å². The third kappa shape index (κ3) is 1.77. The summed E-state index contributed by atoms with van der Waals surface area (Å²) in [5.74, 6) is 0. The van der Waals surface area contributed by atoms with Gasteiger partial charge in [-0.05, 0) is 21.9 Å². The molecular formula is C16H19N3. The molecule has 1 aliphatic heterocycles. The van der Waals surface area contributed by atoms with Crippen molar-refractivity contribution in [3.8, 4) is 0 Å². The van der Waals surface area contributed by atoms with Crippen LogP contribution in [0.1, 0.15) is 23.2 Å². The molecule has 2 aromatic carbocycles. The van der Waals surface area contributed by atoms with E-state index in [9.17, 15) is 0 Å². The molecule has 1 aliphatic carbocycles. The fourth-order valence-corrected chi connectivity index (χ4v) is 3.49. The van der Waals surface area contributed by atoms with Gasteiger partial charge in [0, 0.05) is 26.2 Å². The molecule has 0 saturated carbocycles. The molecule has 2 aliphatic rings. The zero-order valence-electron chi connectivity index (χ0n) is 10.9. The number of hydrogen-bond acceptors (Lipinski definition) is 3. The molecule has 2 atom stereocenters. The predicted molar refractivity (Wildman–Crippen MR) is 78.3 cm³/mol. The van der Waals surface area contributed by atoms with Gasteiger partial charge in [0.05, 0.1) is 12.1 Å². The second-order valence-electron chi connectivity index (χ2n) is 5.41. The van der Waals surface area contributed by atoms with Crippen molar-refractivity contribution in [1.29, 1.82) is 0 Å². The van der Waals surface area contributed by atoms with Crippen LogP contribution in [-0.4, -0.2) is 26.2 Å². The maximum atomic E-state index is 3.71. The van der Waals surface area contributed by atoms with Gasteiger partial charge in [0.2, 0.25) is 0 Å². The summed E-state index contributed by atoms with van der Waals surface area (Å²) in [5.41, 5.74) is 2.90.